The Morgan fingerprint density at radius 1 is 1.09 bits per heavy atom. The van der Waals surface area contributed by atoms with Gasteiger partial charge in [0.15, 0.2) is 0 Å². The molecule has 1 aromatic carbocycles. The molecular formula is C17H16N2O4. The predicted octanol–water partition coefficient (Wildman–Crippen LogP) is 1.98. The summed E-state index contributed by atoms with van der Waals surface area (Å²) < 4.78 is 0. The number of nitrogens with zero attached hydrogens (tertiary/aromatic N) is 1. The van der Waals surface area contributed by atoms with Crippen LogP contribution in [0.4, 0.5) is 0 Å². The smallest absolute Gasteiger partial charge is 0.335 e. The highest BCUT2D eigenvalue weighted by Gasteiger charge is 2.34. The number of hydrogen-bond donors (Lipinski definition) is 3. The van der Waals surface area contributed by atoms with Crippen molar-refractivity contribution in [3.8, 4) is 11.1 Å². The number of hydrogen-bond acceptors (Lipinski definition) is 4. The van der Waals surface area contributed by atoms with Crippen LogP contribution in [0.3, 0.4) is 0 Å². The Labute approximate surface area is 132 Å². The van der Waals surface area contributed by atoms with Crippen LogP contribution < -0.4 is 5.32 Å². The van der Waals surface area contributed by atoms with Gasteiger partial charge in [-0.2, -0.15) is 0 Å². The van der Waals surface area contributed by atoms with Gasteiger partial charge in [0.2, 0.25) is 0 Å². The number of carbonyl (C=O) groups is 2. The van der Waals surface area contributed by atoms with E-state index in [9.17, 15) is 19.8 Å². The molecule has 2 heterocycles. The van der Waals surface area contributed by atoms with E-state index >= 15 is 0 Å². The van der Waals surface area contributed by atoms with E-state index in [1.807, 2.05) is 6.07 Å². The molecular weight excluding hydrogens is 296 g/mol. The standard InChI is InChI=1S/C17H16N2O4/c20-16(21)13-8-11(10-1-4-18-5-2-10)7-12(9-13)14-3-6-19-15(14)17(22)23/h1-2,4-5,7-9,14-15,19H,3,6H2,(H,20,21)(H,22,23). The lowest BCUT2D eigenvalue weighted by atomic mass is 9.88. The minimum Gasteiger partial charge on any atom is -0.480 e. The lowest BCUT2D eigenvalue weighted by Gasteiger charge is -2.18. The normalized spacial score (nSPS) is 20.3. The summed E-state index contributed by atoms with van der Waals surface area (Å²) in [7, 11) is 0. The molecule has 1 aliphatic rings. The van der Waals surface area contributed by atoms with Crippen molar-refractivity contribution in [2.24, 2.45) is 0 Å². The van der Waals surface area contributed by atoms with E-state index in [4.69, 9.17) is 0 Å². The lowest BCUT2D eigenvalue weighted by molar-refractivity contribution is -0.139. The molecule has 23 heavy (non-hydrogen) atoms. The summed E-state index contributed by atoms with van der Waals surface area (Å²) >= 11 is 0. The zero-order valence-electron chi connectivity index (χ0n) is 12.3. The van der Waals surface area contributed by atoms with Gasteiger partial charge in [0, 0.05) is 18.3 Å². The Bertz CT molecular complexity index is 746. The number of rotatable bonds is 4. The summed E-state index contributed by atoms with van der Waals surface area (Å²) in [5.41, 5.74) is 2.49. The summed E-state index contributed by atoms with van der Waals surface area (Å²) in [4.78, 5) is 26.8. The van der Waals surface area contributed by atoms with E-state index < -0.39 is 18.0 Å². The molecule has 1 saturated heterocycles. The van der Waals surface area contributed by atoms with Crippen molar-refractivity contribution < 1.29 is 19.8 Å². The Balaban J connectivity index is 2.08. The lowest BCUT2D eigenvalue weighted by Crippen LogP contribution is -2.34. The van der Waals surface area contributed by atoms with Gasteiger partial charge in [-0.05, 0) is 53.9 Å². The molecule has 118 valence electrons. The minimum atomic E-state index is -1.03. The van der Waals surface area contributed by atoms with Crippen LogP contribution in [0, 0.1) is 0 Å². The number of carboxylic acid groups (broad SMARTS) is 2. The Morgan fingerprint density at radius 3 is 2.48 bits per heavy atom. The van der Waals surface area contributed by atoms with Crippen LogP contribution in [0.2, 0.25) is 0 Å². The quantitative estimate of drug-likeness (QED) is 0.798. The molecule has 1 aliphatic heterocycles. The topological polar surface area (TPSA) is 99.5 Å². The molecule has 6 heteroatoms. The Morgan fingerprint density at radius 2 is 1.83 bits per heavy atom. The van der Waals surface area contributed by atoms with Gasteiger partial charge in [-0.25, -0.2) is 4.79 Å². The molecule has 0 bridgehead atoms. The van der Waals surface area contributed by atoms with Gasteiger partial charge in [-0.1, -0.05) is 6.07 Å². The molecule has 6 nitrogen and oxygen atoms in total. The number of pyridine rings is 1. The molecule has 1 fully saturated rings. The number of aliphatic carboxylic acids is 1. The first-order chi connectivity index (χ1) is 11.1. The van der Waals surface area contributed by atoms with Crippen LogP contribution in [0.25, 0.3) is 11.1 Å². The molecule has 0 aliphatic carbocycles. The van der Waals surface area contributed by atoms with Gasteiger partial charge >= 0.3 is 11.9 Å². The van der Waals surface area contributed by atoms with Crippen LogP contribution in [-0.4, -0.2) is 39.7 Å². The van der Waals surface area contributed by atoms with Gasteiger partial charge in [0.1, 0.15) is 6.04 Å². The van der Waals surface area contributed by atoms with Crippen molar-refractivity contribution in [2.45, 2.75) is 18.4 Å². The van der Waals surface area contributed by atoms with Crippen molar-refractivity contribution in [1.29, 1.82) is 0 Å². The molecule has 2 unspecified atom stereocenters. The molecule has 0 radical (unpaired) electrons. The maximum absolute atomic E-state index is 11.4. The Kier molecular flexibility index (Phi) is 4.08. The molecule has 1 aromatic heterocycles. The van der Waals surface area contributed by atoms with Crippen molar-refractivity contribution in [3.05, 3.63) is 53.9 Å². The van der Waals surface area contributed by atoms with E-state index in [1.54, 1.807) is 36.7 Å². The maximum atomic E-state index is 11.4. The van der Waals surface area contributed by atoms with Crippen LogP contribution in [0.1, 0.15) is 28.3 Å². The van der Waals surface area contributed by atoms with Gasteiger partial charge in [-0.15, -0.1) is 0 Å². The number of carboxylic acids is 2. The van der Waals surface area contributed by atoms with Crippen molar-refractivity contribution in [2.75, 3.05) is 6.54 Å². The van der Waals surface area contributed by atoms with Crippen LogP contribution in [0.15, 0.2) is 42.7 Å². The molecule has 0 spiro atoms. The SMILES string of the molecule is O=C(O)c1cc(-c2ccncc2)cc(C2CCNC2C(=O)O)c1. The van der Waals surface area contributed by atoms with Crippen molar-refractivity contribution in [3.63, 3.8) is 0 Å². The third kappa shape index (κ3) is 3.07. The van der Waals surface area contributed by atoms with E-state index in [-0.39, 0.29) is 11.5 Å². The zero-order valence-corrected chi connectivity index (χ0v) is 12.3. The molecule has 2 atom stereocenters. The molecule has 3 rings (SSSR count). The monoisotopic (exact) mass is 312 g/mol. The molecule has 3 N–H and O–H groups in total. The van der Waals surface area contributed by atoms with Gasteiger partial charge < -0.3 is 15.5 Å². The highest BCUT2D eigenvalue weighted by atomic mass is 16.4. The number of nitrogens with one attached hydrogen (secondary N) is 1. The fourth-order valence-corrected chi connectivity index (χ4v) is 3.02. The van der Waals surface area contributed by atoms with Crippen LogP contribution in [-0.2, 0) is 4.79 Å². The second-order valence-corrected chi connectivity index (χ2v) is 5.55. The minimum absolute atomic E-state index is 0.158. The first-order valence-corrected chi connectivity index (χ1v) is 7.31. The van der Waals surface area contributed by atoms with E-state index in [2.05, 4.69) is 10.3 Å². The predicted molar refractivity (Wildman–Crippen MR) is 83.4 cm³/mol. The van der Waals surface area contributed by atoms with Crippen molar-refractivity contribution >= 4 is 11.9 Å². The van der Waals surface area contributed by atoms with Crippen molar-refractivity contribution in [1.82, 2.24) is 10.3 Å². The third-order valence-corrected chi connectivity index (χ3v) is 4.13. The molecule has 0 saturated carbocycles. The van der Waals surface area contributed by atoms with Crippen LogP contribution in [0.5, 0.6) is 0 Å². The third-order valence-electron chi connectivity index (χ3n) is 4.13. The second kappa shape index (κ2) is 6.18. The average Bonchev–Trinajstić information content (AvgIpc) is 3.05. The molecule has 2 aromatic rings. The largest absolute Gasteiger partial charge is 0.480 e. The maximum Gasteiger partial charge on any atom is 0.335 e. The highest BCUT2D eigenvalue weighted by molar-refractivity contribution is 5.90. The van der Waals surface area contributed by atoms with E-state index in [1.165, 1.54) is 0 Å². The number of aromatic carboxylic acids is 1. The summed E-state index contributed by atoms with van der Waals surface area (Å²) in [5, 5.41) is 21.6. The van der Waals surface area contributed by atoms with E-state index in [0.29, 0.717) is 13.0 Å². The summed E-state index contributed by atoms with van der Waals surface area (Å²) in [6, 6.07) is 7.94. The first kappa shape index (κ1) is 15.2. The second-order valence-electron chi connectivity index (χ2n) is 5.55. The van der Waals surface area contributed by atoms with Gasteiger partial charge in [0.05, 0.1) is 5.56 Å². The van der Waals surface area contributed by atoms with Crippen LogP contribution >= 0.6 is 0 Å². The number of aromatic nitrogens is 1. The summed E-state index contributed by atoms with van der Waals surface area (Å²) in [6.45, 7) is 0.601. The van der Waals surface area contributed by atoms with E-state index in [0.717, 1.165) is 16.7 Å². The highest BCUT2D eigenvalue weighted by Crippen LogP contribution is 2.32. The van der Waals surface area contributed by atoms with Gasteiger partial charge in [-0.3, -0.25) is 9.78 Å². The zero-order chi connectivity index (χ0) is 16.4. The fraction of sp³-hybridized carbons (Fsp3) is 0.235. The fourth-order valence-electron chi connectivity index (χ4n) is 3.02. The molecule has 0 amide bonds. The summed E-state index contributed by atoms with van der Waals surface area (Å²) in [5.74, 6) is -2.19. The summed E-state index contributed by atoms with van der Waals surface area (Å²) in [6.07, 6.45) is 3.94. The number of benzene rings is 1. The average molecular weight is 312 g/mol. The Hall–Kier alpha value is -2.73. The van der Waals surface area contributed by atoms with Gasteiger partial charge in [0.25, 0.3) is 0 Å². The first-order valence-electron chi connectivity index (χ1n) is 7.31.